The van der Waals surface area contributed by atoms with Gasteiger partial charge in [0.05, 0.1) is 7.11 Å². The third-order valence-electron chi connectivity index (χ3n) is 5.90. The molecule has 1 aromatic heterocycles. The number of aromatic nitrogens is 1. The smallest absolute Gasteiger partial charge is 0.272 e. The number of likely N-dealkylation sites (N-methyl/N-ethyl adjacent to an activating group) is 1. The van der Waals surface area contributed by atoms with E-state index in [4.69, 9.17) is 4.74 Å². The van der Waals surface area contributed by atoms with E-state index in [1.165, 1.54) is 5.56 Å². The first-order valence-electron chi connectivity index (χ1n) is 9.22. The van der Waals surface area contributed by atoms with Crippen molar-refractivity contribution in [1.82, 2.24) is 14.8 Å². The minimum atomic E-state index is 0.0482. The number of methoxy groups -OCH3 is 1. The lowest BCUT2D eigenvalue weighted by atomic mass is 9.81. The molecule has 1 amide bonds. The van der Waals surface area contributed by atoms with Crippen molar-refractivity contribution in [3.05, 3.63) is 59.9 Å². The van der Waals surface area contributed by atoms with Crippen LogP contribution in [0.2, 0.25) is 0 Å². The number of carbonyl (C=O) groups is 1. The summed E-state index contributed by atoms with van der Waals surface area (Å²) >= 11 is 0. The predicted octanol–water partition coefficient (Wildman–Crippen LogP) is 2.65. The van der Waals surface area contributed by atoms with Gasteiger partial charge in [-0.3, -0.25) is 9.78 Å². The number of piperidine rings is 1. The molecule has 136 valence electrons. The number of amides is 1. The topological polar surface area (TPSA) is 45.7 Å². The van der Waals surface area contributed by atoms with Gasteiger partial charge in [0.1, 0.15) is 11.4 Å². The Labute approximate surface area is 154 Å². The Bertz CT molecular complexity index is 763. The molecule has 2 aliphatic rings. The highest BCUT2D eigenvalue weighted by Gasteiger charge is 2.44. The maximum Gasteiger partial charge on any atom is 0.272 e. The van der Waals surface area contributed by atoms with E-state index < -0.39 is 0 Å². The summed E-state index contributed by atoms with van der Waals surface area (Å²) in [7, 11) is 3.90. The highest BCUT2D eigenvalue weighted by molar-refractivity contribution is 5.92. The van der Waals surface area contributed by atoms with E-state index in [0.717, 1.165) is 31.8 Å². The molecule has 2 fully saturated rings. The molecule has 2 aliphatic heterocycles. The lowest BCUT2D eigenvalue weighted by Gasteiger charge is -2.38. The molecule has 0 saturated carbocycles. The molecule has 5 nitrogen and oxygen atoms in total. The van der Waals surface area contributed by atoms with E-state index in [9.17, 15) is 4.79 Å². The average molecular weight is 351 g/mol. The molecular formula is C21H25N3O2. The maximum absolute atomic E-state index is 12.8. The van der Waals surface area contributed by atoms with Gasteiger partial charge in [-0.2, -0.15) is 0 Å². The summed E-state index contributed by atoms with van der Waals surface area (Å²) in [6.07, 6.45) is 2.70. The van der Waals surface area contributed by atoms with Crippen LogP contribution in [0.3, 0.4) is 0 Å². The second-order valence-corrected chi connectivity index (χ2v) is 7.31. The fourth-order valence-electron chi connectivity index (χ4n) is 4.53. The zero-order chi connectivity index (χ0) is 18.1. The molecule has 0 unspecified atom stereocenters. The Balaban J connectivity index is 1.54. The van der Waals surface area contributed by atoms with Gasteiger partial charge in [-0.1, -0.05) is 18.2 Å². The van der Waals surface area contributed by atoms with Crippen LogP contribution in [0.5, 0.6) is 5.75 Å². The van der Waals surface area contributed by atoms with Gasteiger partial charge >= 0.3 is 0 Å². The molecular weight excluding hydrogens is 326 g/mol. The molecule has 26 heavy (non-hydrogen) atoms. The van der Waals surface area contributed by atoms with Crippen molar-refractivity contribution < 1.29 is 9.53 Å². The van der Waals surface area contributed by atoms with Gasteiger partial charge in [0.25, 0.3) is 5.91 Å². The minimum Gasteiger partial charge on any atom is -0.497 e. The number of benzene rings is 1. The van der Waals surface area contributed by atoms with Crippen molar-refractivity contribution in [3.63, 3.8) is 0 Å². The number of hydrogen-bond donors (Lipinski definition) is 0. The Morgan fingerprint density at radius 2 is 1.96 bits per heavy atom. The van der Waals surface area contributed by atoms with Gasteiger partial charge in [0.2, 0.25) is 0 Å². The average Bonchev–Trinajstić information content (AvgIpc) is 3.04. The number of hydrogen-bond acceptors (Lipinski definition) is 4. The summed E-state index contributed by atoms with van der Waals surface area (Å²) in [5, 5.41) is 0. The fraction of sp³-hybridized carbons (Fsp3) is 0.429. The van der Waals surface area contributed by atoms with Gasteiger partial charge in [-0.15, -0.1) is 0 Å². The Morgan fingerprint density at radius 1 is 1.15 bits per heavy atom. The van der Waals surface area contributed by atoms with Crippen LogP contribution >= 0.6 is 0 Å². The third-order valence-corrected chi connectivity index (χ3v) is 5.90. The van der Waals surface area contributed by atoms with Gasteiger partial charge in [-0.25, -0.2) is 0 Å². The van der Waals surface area contributed by atoms with Crippen LogP contribution in [0, 0.1) is 5.92 Å². The van der Waals surface area contributed by atoms with Gasteiger partial charge < -0.3 is 14.5 Å². The summed E-state index contributed by atoms with van der Waals surface area (Å²) in [5.74, 6) is 1.82. The van der Waals surface area contributed by atoms with Crippen molar-refractivity contribution in [1.29, 1.82) is 0 Å². The van der Waals surface area contributed by atoms with Crippen molar-refractivity contribution in [2.45, 2.75) is 18.4 Å². The molecule has 0 radical (unpaired) electrons. The van der Waals surface area contributed by atoms with Crippen molar-refractivity contribution in [2.75, 3.05) is 33.8 Å². The molecule has 0 spiro atoms. The highest BCUT2D eigenvalue weighted by Crippen LogP contribution is 2.41. The monoisotopic (exact) mass is 351 g/mol. The first-order valence-corrected chi connectivity index (χ1v) is 9.22. The highest BCUT2D eigenvalue weighted by atomic mass is 16.5. The molecule has 5 heteroatoms. The second-order valence-electron chi connectivity index (χ2n) is 7.31. The number of rotatable bonds is 3. The largest absolute Gasteiger partial charge is 0.497 e. The van der Waals surface area contributed by atoms with Crippen molar-refractivity contribution in [3.8, 4) is 5.75 Å². The normalized spacial score (nSPS) is 25.8. The summed E-state index contributed by atoms with van der Waals surface area (Å²) in [6.45, 7) is 2.63. The number of likely N-dealkylation sites (tertiary alicyclic amines) is 2. The van der Waals surface area contributed by atoms with Crippen LogP contribution in [0.25, 0.3) is 0 Å². The van der Waals surface area contributed by atoms with E-state index in [2.05, 4.69) is 29.1 Å². The standard InChI is InChI=1S/C21H25N3O2/c1-23-13-17(15-6-8-16(26-2)9-7-15)18-14-24(12-10-20(18)23)21(25)19-5-3-4-11-22-19/h3-9,11,17-18,20H,10,12-14H2,1-2H3/t17-,18-,20-/m1/s1. The van der Waals surface area contributed by atoms with Crippen LogP contribution in [-0.4, -0.2) is 60.5 Å². The zero-order valence-electron chi connectivity index (χ0n) is 15.3. The third kappa shape index (κ3) is 3.07. The fourth-order valence-corrected chi connectivity index (χ4v) is 4.53. The predicted molar refractivity (Wildman–Crippen MR) is 100 cm³/mol. The molecule has 0 N–H and O–H groups in total. The van der Waals surface area contributed by atoms with Crippen LogP contribution in [0.4, 0.5) is 0 Å². The number of nitrogens with zero attached hydrogens (tertiary/aromatic N) is 3. The first-order chi connectivity index (χ1) is 12.7. The molecule has 3 heterocycles. The first kappa shape index (κ1) is 17.0. The second kappa shape index (κ2) is 7.08. The lowest BCUT2D eigenvalue weighted by molar-refractivity contribution is 0.0602. The van der Waals surface area contributed by atoms with Crippen LogP contribution < -0.4 is 4.74 Å². The maximum atomic E-state index is 12.8. The Morgan fingerprint density at radius 3 is 2.65 bits per heavy atom. The number of pyridine rings is 1. The molecule has 2 aromatic rings. The molecule has 1 aromatic carbocycles. The SMILES string of the molecule is COc1ccc([C@H]2CN(C)[C@@H]3CCN(C(=O)c4ccccn4)C[C@H]23)cc1. The minimum absolute atomic E-state index is 0.0482. The molecule has 0 aliphatic carbocycles. The van der Waals surface area contributed by atoms with Crippen LogP contribution in [0.15, 0.2) is 48.7 Å². The van der Waals surface area contributed by atoms with Gasteiger partial charge in [0.15, 0.2) is 0 Å². The van der Waals surface area contributed by atoms with E-state index in [-0.39, 0.29) is 5.91 Å². The van der Waals surface area contributed by atoms with E-state index in [1.54, 1.807) is 19.4 Å². The van der Waals surface area contributed by atoms with Gasteiger partial charge in [0, 0.05) is 43.7 Å². The molecule has 2 saturated heterocycles. The zero-order valence-corrected chi connectivity index (χ0v) is 15.3. The molecule has 0 bridgehead atoms. The number of ether oxygens (including phenoxy) is 1. The summed E-state index contributed by atoms with van der Waals surface area (Å²) in [6, 6.07) is 14.4. The lowest BCUT2D eigenvalue weighted by Crippen LogP contribution is -2.48. The summed E-state index contributed by atoms with van der Waals surface area (Å²) in [5.41, 5.74) is 1.87. The molecule has 4 rings (SSSR count). The van der Waals surface area contributed by atoms with Crippen molar-refractivity contribution >= 4 is 5.91 Å². The van der Waals surface area contributed by atoms with Crippen LogP contribution in [0.1, 0.15) is 28.4 Å². The summed E-state index contributed by atoms with van der Waals surface area (Å²) < 4.78 is 5.29. The summed E-state index contributed by atoms with van der Waals surface area (Å²) in [4.78, 5) is 21.5. The van der Waals surface area contributed by atoms with E-state index >= 15 is 0 Å². The van der Waals surface area contributed by atoms with Crippen molar-refractivity contribution in [2.24, 2.45) is 5.92 Å². The number of carbonyl (C=O) groups excluding carboxylic acids is 1. The Hall–Kier alpha value is -2.40. The quantitative estimate of drug-likeness (QED) is 0.853. The van der Waals surface area contributed by atoms with E-state index in [0.29, 0.717) is 23.6 Å². The van der Waals surface area contributed by atoms with E-state index in [1.807, 2.05) is 29.2 Å². The Kier molecular flexibility index (Phi) is 4.64. The van der Waals surface area contributed by atoms with Gasteiger partial charge in [-0.05, 0) is 43.3 Å². The van der Waals surface area contributed by atoms with Crippen LogP contribution in [-0.2, 0) is 0 Å². The number of fused-ring (bicyclic) bond motifs is 1. The molecule has 3 atom stereocenters.